The molecule has 4 rings (SSSR count). The quantitative estimate of drug-likeness (QED) is 0.258. The van der Waals surface area contributed by atoms with Crippen molar-refractivity contribution in [2.24, 2.45) is 5.92 Å². The van der Waals surface area contributed by atoms with Gasteiger partial charge in [-0.25, -0.2) is 0 Å². The van der Waals surface area contributed by atoms with Crippen LogP contribution in [0, 0.1) is 5.92 Å². The van der Waals surface area contributed by atoms with Crippen LogP contribution in [0.5, 0.6) is 5.75 Å². The minimum absolute atomic E-state index is 0.0127. The van der Waals surface area contributed by atoms with Gasteiger partial charge in [0.1, 0.15) is 18.0 Å². The number of likely N-dealkylation sites (tertiary alicyclic amines) is 2. The summed E-state index contributed by atoms with van der Waals surface area (Å²) in [5.41, 5.74) is 1.29. The largest absolute Gasteiger partial charge is 0.492 e. The number of hydrogen-bond donors (Lipinski definition) is 0. The average Bonchev–Trinajstić information content (AvgIpc) is 3.42. The summed E-state index contributed by atoms with van der Waals surface area (Å²) in [6.45, 7) is 10.5. The summed E-state index contributed by atoms with van der Waals surface area (Å²) in [4.78, 5) is 30.9. The van der Waals surface area contributed by atoms with Crippen LogP contribution in [0.1, 0.15) is 69.9 Å². The van der Waals surface area contributed by atoms with E-state index in [-0.39, 0.29) is 18.2 Å². The lowest BCUT2D eigenvalue weighted by Crippen LogP contribution is -2.43. The van der Waals surface area contributed by atoms with E-state index in [1.54, 1.807) is 12.1 Å². The third kappa shape index (κ3) is 9.51. The average molecular weight is 624 g/mol. The van der Waals surface area contributed by atoms with E-state index in [2.05, 4.69) is 11.0 Å². The molecule has 9 heteroatoms. The summed E-state index contributed by atoms with van der Waals surface area (Å²) < 4.78 is 11.8. The summed E-state index contributed by atoms with van der Waals surface area (Å²) in [5, 5.41) is 1.67. The molecule has 0 saturated carbocycles. The van der Waals surface area contributed by atoms with Crippen molar-refractivity contribution in [3.8, 4) is 5.75 Å². The van der Waals surface area contributed by atoms with Gasteiger partial charge in [-0.2, -0.15) is 0 Å². The smallest absolute Gasteiger partial charge is 0.307 e. The van der Waals surface area contributed by atoms with E-state index in [0.717, 1.165) is 49.4 Å². The SMILES string of the molecule is CC(C)(C)OC(=O)C[C@H](Cc1ccc(Cl)cc1Cl)C(=O)N1CCC(c2ccc(Cl)cc2OCCN2CCCC2)CC1. The van der Waals surface area contributed by atoms with Crippen molar-refractivity contribution in [2.75, 3.05) is 39.3 Å². The number of rotatable bonds is 10. The van der Waals surface area contributed by atoms with Crippen molar-refractivity contribution in [3.05, 3.63) is 62.6 Å². The molecule has 0 aliphatic carbocycles. The molecule has 2 aromatic rings. The van der Waals surface area contributed by atoms with Crippen LogP contribution in [0.3, 0.4) is 0 Å². The first-order chi connectivity index (χ1) is 19.5. The van der Waals surface area contributed by atoms with Crippen LogP contribution in [0.15, 0.2) is 36.4 Å². The lowest BCUT2D eigenvalue weighted by Gasteiger charge is -2.35. The van der Waals surface area contributed by atoms with Gasteiger partial charge in [-0.15, -0.1) is 0 Å². The van der Waals surface area contributed by atoms with Crippen molar-refractivity contribution in [1.82, 2.24) is 9.80 Å². The molecule has 0 bridgehead atoms. The van der Waals surface area contributed by atoms with E-state index in [1.165, 1.54) is 12.8 Å². The number of hydrogen-bond acceptors (Lipinski definition) is 5. The first-order valence-corrected chi connectivity index (χ1v) is 15.7. The van der Waals surface area contributed by atoms with Crippen LogP contribution >= 0.6 is 34.8 Å². The Kier molecular flexibility index (Phi) is 11.3. The fourth-order valence-corrected chi connectivity index (χ4v) is 6.36. The molecule has 0 N–H and O–H groups in total. The molecule has 2 aromatic carbocycles. The predicted molar refractivity (Wildman–Crippen MR) is 165 cm³/mol. The van der Waals surface area contributed by atoms with E-state index in [4.69, 9.17) is 44.3 Å². The van der Waals surface area contributed by atoms with Crippen molar-refractivity contribution < 1.29 is 19.1 Å². The molecule has 0 radical (unpaired) electrons. The number of piperidine rings is 1. The molecule has 6 nitrogen and oxygen atoms in total. The van der Waals surface area contributed by atoms with E-state index in [1.807, 2.05) is 43.9 Å². The number of benzene rings is 2. The van der Waals surface area contributed by atoms with Gasteiger partial charge in [-0.1, -0.05) is 46.9 Å². The lowest BCUT2D eigenvalue weighted by molar-refractivity contribution is -0.158. The van der Waals surface area contributed by atoms with E-state index < -0.39 is 17.5 Å². The Labute approximate surface area is 259 Å². The molecular weight excluding hydrogens is 583 g/mol. The highest BCUT2D eigenvalue weighted by atomic mass is 35.5. The highest BCUT2D eigenvalue weighted by Gasteiger charge is 2.33. The zero-order valence-corrected chi connectivity index (χ0v) is 26.5. The fourth-order valence-electron chi connectivity index (χ4n) is 5.71. The highest BCUT2D eigenvalue weighted by Crippen LogP contribution is 2.37. The second kappa shape index (κ2) is 14.5. The summed E-state index contributed by atoms with van der Waals surface area (Å²) in [7, 11) is 0. The zero-order chi connectivity index (χ0) is 29.6. The summed E-state index contributed by atoms with van der Waals surface area (Å²) in [5.74, 6) is 0.0566. The molecule has 2 fully saturated rings. The maximum absolute atomic E-state index is 13.8. The van der Waals surface area contributed by atoms with Crippen molar-refractivity contribution in [1.29, 1.82) is 0 Å². The number of esters is 1. The first kappa shape index (κ1) is 31.9. The Bertz CT molecular complexity index is 1200. The van der Waals surface area contributed by atoms with E-state index in [9.17, 15) is 9.59 Å². The van der Waals surface area contributed by atoms with Crippen LogP contribution in [-0.2, 0) is 20.7 Å². The Balaban J connectivity index is 1.41. The second-order valence-electron chi connectivity index (χ2n) is 12.1. The summed E-state index contributed by atoms with van der Waals surface area (Å²) in [6, 6.07) is 11.1. The Morgan fingerprint density at radius 1 is 0.951 bits per heavy atom. The number of ether oxygens (including phenoxy) is 2. The molecule has 2 saturated heterocycles. The van der Waals surface area contributed by atoms with Crippen LogP contribution in [0.25, 0.3) is 0 Å². The summed E-state index contributed by atoms with van der Waals surface area (Å²) >= 11 is 18.9. The standard InChI is InChI=1S/C32H41Cl3N2O4/c1-32(2,3)41-30(38)19-24(18-23-6-7-25(33)20-28(23)35)31(39)37-14-10-22(11-15-37)27-9-8-26(34)21-29(27)40-17-16-36-12-4-5-13-36/h6-9,20-22,24H,4-5,10-19H2,1-3H3/t24-/m0/s1. The van der Waals surface area contributed by atoms with E-state index >= 15 is 0 Å². The van der Waals surface area contributed by atoms with Gasteiger partial charge < -0.3 is 14.4 Å². The molecule has 2 heterocycles. The van der Waals surface area contributed by atoms with Crippen molar-refractivity contribution >= 4 is 46.7 Å². The third-order valence-electron chi connectivity index (χ3n) is 7.75. The third-order valence-corrected chi connectivity index (χ3v) is 8.57. The van der Waals surface area contributed by atoms with Gasteiger partial charge in [0.25, 0.3) is 0 Å². The Hall–Kier alpha value is -1.99. The minimum atomic E-state index is -0.631. The zero-order valence-electron chi connectivity index (χ0n) is 24.3. The number of nitrogens with zero attached hydrogens (tertiary/aromatic N) is 2. The van der Waals surface area contributed by atoms with Gasteiger partial charge in [0.05, 0.1) is 12.3 Å². The highest BCUT2D eigenvalue weighted by molar-refractivity contribution is 6.35. The molecule has 0 aromatic heterocycles. The van der Waals surface area contributed by atoms with Crippen molar-refractivity contribution in [3.63, 3.8) is 0 Å². The normalized spacial score (nSPS) is 17.5. The Morgan fingerprint density at radius 2 is 1.61 bits per heavy atom. The topological polar surface area (TPSA) is 59.1 Å². The summed E-state index contributed by atoms with van der Waals surface area (Å²) in [6.07, 6.45) is 4.44. The second-order valence-corrected chi connectivity index (χ2v) is 13.4. The number of carbonyl (C=O) groups is 2. The Morgan fingerprint density at radius 3 is 2.27 bits per heavy atom. The molecule has 2 aliphatic rings. The van der Waals surface area contributed by atoms with Gasteiger partial charge in [0, 0.05) is 34.7 Å². The predicted octanol–water partition coefficient (Wildman–Crippen LogP) is 7.42. The number of amides is 1. The number of halogens is 3. The minimum Gasteiger partial charge on any atom is -0.492 e. The van der Waals surface area contributed by atoms with Crippen LogP contribution < -0.4 is 4.74 Å². The van der Waals surface area contributed by atoms with Crippen molar-refractivity contribution in [2.45, 2.75) is 70.8 Å². The maximum Gasteiger partial charge on any atom is 0.307 e. The van der Waals surface area contributed by atoms with Crippen LogP contribution in [0.4, 0.5) is 0 Å². The number of carbonyl (C=O) groups excluding carboxylic acids is 2. The van der Waals surface area contributed by atoms with Gasteiger partial charge in [-0.05, 0) is 107 Å². The van der Waals surface area contributed by atoms with Gasteiger partial charge >= 0.3 is 5.97 Å². The molecule has 224 valence electrons. The fraction of sp³-hybridized carbons (Fsp3) is 0.562. The molecular formula is C32H41Cl3N2O4. The van der Waals surface area contributed by atoms with E-state index in [0.29, 0.717) is 41.2 Å². The van der Waals surface area contributed by atoms with Crippen LogP contribution in [0.2, 0.25) is 15.1 Å². The molecule has 1 atom stereocenters. The van der Waals surface area contributed by atoms with Gasteiger partial charge in [0.15, 0.2) is 0 Å². The maximum atomic E-state index is 13.8. The lowest BCUT2D eigenvalue weighted by atomic mass is 9.87. The molecule has 1 amide bonds. The first-order valence-electron chi connectivity index (χ1n) is 14.6. The molecule has 41 heavy (non-hydrogen) atoms. The molecule has 2 aliphatic heterocycles. The van der Waals surface area contributed by atoms with Gasteiger partial charge in [0.2, 0.25) is 5.91 Å². The molecule has 0 unspecified atom stereocenters. The monoisotopic (exact) mass is 622 g/mol. The van der Waals surface area contributed by atoms with Gasteiger partial charge in [-0.3, -0.25) is 14.5 Å². The van der Waals surface area contributed by atoms with Crippen LogP contribution in [-0.4, -0.2) is 66.6 Å². The molecule has 0 spiro atoms.